The fourth-order valence-corrected chi connectivity index (χ4v) is 4.11. The molecule has 26 heavy (non-hydrogen) atoms. The minimum absolute atomic E-state index is 0.0232. The van der Waals surface area contributed by atoms with E-state index in [4.69, 9.17) is 4.74 Å². The number of amides is 1. The molecular weight excluding hydrogens is 412 g/mol. The van der Waals surface area contributed by atoms with E-state index >= 15 is 0 Å². The number of nitrogens with zero attached hydrogens (tertiary/aromatic N) is 2. The Balaban J connectivity index is 1.49. The lowest BCUT2D eigenvalue weighted by Crippen LogP contribution is -2.42. The van der Waals surface area contributed by atoms with E-state index in [1.54, 1.807) is 6.20 Å². The SMILES string of the molecule is O=C(c1cnc(-c2ccccc2)s1)N1CCOC(c2ccc(Br)cc2)C1. The summed E-state index contributed by atoms with van der Waals surface area (Å²) in [6.07, 6.45) is 1.58. The van der Waals surface area contributed by atoms with Crippen molar-refractivity contribution in [2.24, 2.45) is 0 Å². The van der Waals surface area contributed by atoms with Gasteiger partial charge in [0.1, 0.15) is 16.0 Å². The van der Waals surface area contributed by atoms with Gasteiger partial charge in [-0.25, -0.2) is 4.98 Å². The molecule has 4 rings (SSSR count). The summed E-state index contributed by atoms with van der Waals surface area (Å²) in [6, 6.07) is 18.0. The van der Waals surface area contributed by atoms with Crippen molar-refractivity contribution in [1.82, 2.24) is 9.88 Å². The Morgan fingerprint density at radius 1 is 1.15 bits per heavy atom. The molecule has 4 nitrogen and oxygen atoms in total. The number of hydrogen-bond donors (Lipinski definition) is 0. The second-order valence-corrected chi connectivity index (χ2v) is 8.00. The predicted octanol–water partition coefficient (Wildman–Crippen LogP) is 4.79. The van der Waals surface area contributed by atoms with Crippen molar-refractivity contribution in [1.29, 1.82) is 0 Å². The normalized spacial score (nSPS) is 17.3. The topological polar surface area (TPSA) is 42.4 Å². The number of ether oxygens (including phenoxy) is 1. The monoisotopic (exact) mass is 428 g/mol. The van der Waals surface area contributed by atoms with Crippen LogP contribution in [0.15, 0.2) is 65.3 Å². The second kappa shape index (κ2) is 7.70. The lowest BCUT2D eigenvalue weighted by molar-refractivity contribution is -0.0226. The molecule has 1 aliphatic heterocycles. The third-order valence-electron chi connectivity index (χ3n) is 4.33. The van der Waals surface area contributed by atoms with Crippen LogP contribution in [0.25, 0.3) is 10.6 Å². The zero-order valence-corrected chi connectivity index (χ0v) is 16.4. The van der Waals surface area contributed by atoms with Crippen molar-refractivity contribution >= 4 is 33.2 Å². The summed E-state index contributed by atoms with van der Waals surface area (Å²) in [7, 11) is 0. The molecule has 1 saturated heterocycles. The fourth-order valence-electron chi connectivity index (χ4n) is 2.96. The summed E-state index contributed by atoms with van der Waals surface area (Å²) in [6.45, 7) is 1.69. The van der Waals surface area contributed by atoms with Gasteiger partial charge in [0.2, 0.25) is 0 Å². The first-order valence-electron chi connectivity index (χ1n) is 8.38. The quantitative estimate of drug-likeness (QED) is 0.602. The molecule has 2 heterocycles. The van der Waals surface area contributed by atoms with E-state index in [0.717, 1.165) is 20.6 Å². The summed E-state index contributed by atoms with van der Waals surface area (Å²) < 4.78 is 6.90. The molecule has 0 N–H and O–H groups in total. The molecule has 0 aliphatic carbocycles. The van der Waals surface area contributed by atoms with E-state index in [9.17, 15) is 4.79 Å². The van der Waals surface area contributed by atoms with Crippen molar-refractivity contribution in [2.75, 3.05) is 19.7 Å². The Kier molecular flexibility index (Phi) is 5.15. The smallest absolute Gasteiger partial charge is 0.265 e. The van der Waals surface area contributed by atoms with Gasteiger partial charge in [0.05, 0.1) is 19.3 Å². The average molecular weight is 429 g/mol. The Hall–Kier alpha value is -2.02. The maximum Gasteiger partial charge on any atom is 0.265 e. The summed E-state index contributed by atoms with van der Waals surface area (Å²) in [4.78, 5) is 19.9. The van der Waals surface area contributed by atoms with Gasteiger partial charge >= 0.3 is 0 Å². The highest BCUT2D eigenvalue weighted by Crippen LogP contribution is 2.28. The molecule has 1 aliphatic rings. The van der Waals surface area contributed by atoms with E-state index < -0.39 is 0 Å². The number of thiazole rings is 1. The van der Waals surface area contributed by atoms with E-state index in [-0.39, 0.29) is 12.0 Å². The summed E-state index contributed by atoms with van der Waals surface area (Å²) >= 11 is 4.88. The maximum atomic E-state index is 12.9. The van der Waals surface area contributed by atoms with Crippen molar-refractivity contribution in [2.45, 2.75) is 6.10 Å². The number of hydrogen-bond acceptors (Lipinski definition) is 4. The number of aromatic nitrogens is 1. The molecule has 1 fully saturated rings. The molecule has 1 aromatic heterocycles. The molecule has 0 radical (unpaired) electrons. The number of benzene rings is 2. The zero-order chi connectivity index (χ0) is 17.9. The highest BCUT2D eigenvalue weighted by molar-refractivity contribution is 9.10. The van der Waals surface area contributed by atoms with Gasteiger partial charge in [-0.05, 0) is 17.7 Å². The van der Waals surface area contributed by atoms with Crippen LogP contribution in [0, 0.1) is 0 Å². The van der Waals surface area contributed by atoms with E-state index in [2.05, 4.69) is 20.9 Å². The van der Waals surface area contributed by atoms with Gasteiger partial charge in [0, 0.05) is 16.6 Å². The Morgan fingerprint density at radius 2 is 1.92 bits per heavy atom. The van der Waals surface area contributed by atoms with Crippen LogP contribution >= 0.6 is 27.3 Å². The Labute approximate surface area is 164 Å². The molecule has 1 unspecified atom stereocenters. The molecule has 3 aromatic rings. The van der Waals surface area contributed by atoms with Gasteiger partial charge in [0.15, 0.2) is 0 Å². The van der Waals surface area contributed by atoms with Crippen molar-refractivity contribution in [3.8, 4) is 10.6 Å². The summed E-state index contributed by atoms with van der Waals surface area (Å²) in [5.41, 5.74) is 2.12. The molecule has 2 aromatic carbocycles. The number of rotatable bonds is 3. The van der Waals surface area contributed by atoms with E-state index in [1.807, 2.05) is 59.5 Å². The molecule has 0 saturated carbocycles. The molecule has 6 heteroatoms. The molecule has 132 valence electrons. The first-order valence-corrected chi connectivity index (χ1v) is 9.99. The fraction of sp³-hybridized carbons (Fsp3) is 0.200. The van der Waals surface area contributed by atoms with Crippen LogP contribution in [0.5, 0.6) is 0 Å². The lowest BCUT2D eigenvalue weighted by Gasteiger charge is -2.33. The van der Waals surface area contributed by atoms with Crippen LogP contribution in [0.1, 0.15) is 21.3 Å². The van der Waals surface area contributed by atoms with Gasteiger partial charge in [-0.1, -0.05) is 58.4 Å². The summed E-state index contributed by atoms with van der Waals surface area (Å²) in [5, 5.41) is 0.867. The van der Waals surface area contributed by atoms with E-state index in [0.29, 0.717) is 24.6 Å². The van der Waals surface area contributed by atoms with Crippen LogP contribution in [0.3, 0.4) is 0 Å². The minimum atomic E-state index is -0.0951. The van der Waals surface area contributed by atoms with Crippen LogP contribution in [0.2, 0.25) is 0 Å². The first kappa shape index (κ1) is 17.4. The maximum absolute atomic E-state index is 12.9. The van der Waals surface area contributed by atoms with Gasteiger partial charge in [-0.3, -0.25) is 4.79 Å². The Bertz CT molecular complexity index is 896. The van der Waals surface area contributed by atoms with Gasteiger partial charge in [-0.2, -0.15) is 0 Å². The van der Waals surface area contributed by atoms with Crippen molar-refractivity contribution < 1.29 is 9.53 Å². The van der Waals surface area contributed by atoms with Crippen molar-refractivity contribution in [3.63, 3.8) is 0 Å². The lowest BCUT2D eigenvalue weighted by atomic mass is 10.1. The van der Waals surface area contributed by atoms with Crippen LogP contribution < -0.4 is 0 Å². The number of morpholine rings is 1. The molecule has 0 bridgehead atoms. The summed E-state index contributed by atoms with van der Waals surface area (Å²) in [5.74, 6) is 0.0232. The number of carbonyl (C=O) groups is 1. The highest BCUT2D eigenvalue weighted by Gasteiger charge is 2.27. The van der Waals surface area contributed by atoms with Gasteiger partial charge in [-0.15, -0.1) is 11.3 Å². The zero-order valence-electron chi connectivity index (χ0n) is 14.0. The van der Waals surface area contributed by atoms with Gasteiger partial charge < -0.3 is 9.64 Å². The standard InChI is InChI=1S/C20H17BrN2O2S/c21-16-8-6-14(7-9-16)17-13-23(10-11-25-17)20(24)18-12-22-19(26-18)15-4-2-1-3-5-15/h1-9,12,17H,10-11,13H2. The largest absolute Gasteiger partial charge is 0.370 e. The molecule has 1 atom stereocenters. The third-order valence-corrected chi connectivity index (χ3v) is 5.90. The number of halogens is 1. The highest BCUT2D eigenvalue weighted by atomic mass is 79.9. The molecule has 0 spiro atoms. The van der Waals surface area contributed by atoms with Crippen molar-refractivity contribution in [3.05, 3.63) is 75.7 Å². The second-order valence-electron chi connectivity index (χ2n) is 6.06. The third kappa shape index (κ3) is 3.72. The van der Waals surface area contributed by atoms with Crippen LogP contribution in [0.4, 0.5) is 0 Å². The minimum Gasteiger partial charge on any atom is -0.370 e. The average Bonchev–Trinajstić information content (AvgIpc) is 3.19. The van der Waals surface area contributed by atoms with E-state index in [1.165, 1.54) is 11.3 Å². The van der Waals surface area contributed by atoms with Crippen LogP contribution in [-0.2, 0) is 4.74 Å². The first-order chi connectivity index (χ1) is 12.7. The molecular formula is C20H17BrN2O2S. The number of carbonyl (C=O) groups excluding carboxylic acids is 1. The van der Waals surface area contributed by atoms with Gasteiger partial charge in [0.25, 0.3) is 5.91 Å². The van der Waals surface area contributed by atoms with Crippen LogP contribution in [-0.4, -0.2) is 35.5 Å². The Morgan fingerprint density at radius 3 is 2.69 bits per heavy atom. The molecule has 1 amide bonds. The predicted molar refractivity (Wildman–Crippen MR) is 106 cm³/mol.